The molecule has 5 aromatic rings. The van der Waals surface area contributed by atoms with E-state index in [-0.39, 0.29) is 31.9 Å². The molecule has 0 saturated carbocycles. The van der Waals surface area contributed by atoms with Crippen LogP contribution in [0.2, 0.25) is 0 Å². The van der Waals surface area contributed by atoms with Crippen molar-refractivity contribution in [3.05, 3.63) is 83.3 Å². The van der Waals surface area contributed by atoms with Crippen LogP contribution in [0.4, 0.5) is 0 Å². The van der Waals surface area contributed by atoms with Crippen molar-refractivity contribution in [3.63, 3.8) is 0 Å². The van der Waals surface area contributed by atoms with E-state index in [1.54, 1.807) is 25.4 Å². The van der Waals surface area contributed by atoms with Gasteiger partial charge >= 0.3 is 0 Å². The lowest BCUT2D eigenvalue weighted by molar-refractivity contribution is -0.131. The molecular formula is C34H37N7O6. The second kappa shape index (κ2) is 13.9. The van der Waals surface area contributed by atoms with Gasteiger partial charge < -0.3 is 35.1 Å². The Kier molecular flexibility index (Phi) is 9.34. The number of H-pyrrole nitrogens is 2. The molecule has 0 radical (unpaired) electrons. The number of carbonyl (C=O) groups excluding carboxylic acids is 3. The van der Waals surface area contributed by atoms with Gasteiger partial charge in [-0.2, -0.15) is 5.10 Å². The van der Waals surface area contributed by atoms with Gasteiger partial charge in [-0.05, 0) is 61.2 Å². The van der Waals surface area contributed by atoms with Crippen molar-refractivity contribution in [1.29, 1.82) is 0 Å². The van der Waals surface area contributed by atoms with Crippen molar-refractivity contribution in [2.24, 2.45) is 0 Å². The highest BCUT2D eigenvalue weighted by atomic mass is 16.5. The predicted octanol–water partition coefficient (Wildman–Crippen LogP) is 2.49. The first kappa shape index (κ1) is 31.5. The smallest absolute Gasteiger partial charge is 0.273 e. The molecule has 4 heterocycles. The summed E-state index contributed by atoms with van der Waals surface area (Å²) in [5, 5.41) is 24.5. The fraction of sp³-hybridized carbons (Fsp3) is 0.324. The average molecular weight is 640 g/mol. The van der Waals surface area contributed by atoms with Crippen molar-refractivity contribution in [2.45, 2.75) is 38.3 Å². The number of hydrogen-bond donors (Lipinski definition) is 5. The summed E-state index contributed by atoms with van der Waals surface area (Å²) in [6.45, 7) is 1.73. The van der Waals surface area contributed by atoms with E-state index in [1.807, 2.05) is 42.5 Å². The number of aliphatic hydroxyl groups excluding tert-OH is 1. The van der Waals surface area contributed by atoms with E-state index in [4.69, 9.17) is 9.47 Å². The number of hydrogen-bond acceptors (Lipinski definition) is 8. The molecule has 6 rings (SSSR count). The summed E-state index contributed by atoms with van der Waals surface area (Å²) in [4.78, 5) is 49.4. The first-order valence-electron chi connectivity index (χ1n) is 15.5. The topological polar surface area (TPSA) is 175 Å². The van der Waals surface area contributed by atoms with Crippen LogP contribution in [0.3, 0.4) is 0 Å². The first-order chi connectivity index (χ1) is 22.8. The summed E-state index contributed by atoms with van der Waals surface area (Å²) in [5.74, 6) is -0.463. The van der Waals surface area contributed by atoms with Crippen LogP contribution >= 0.6 is 0 Å². The van der Waals surface area contributed by atoms with Crippen LogP contribution in [0.1, 0.15) is 40.7 Å². The van der Waals surface area contributed by atoms with Crippen LogP contribution in [-0.4, -0.2) is 93.4 Å². The number of para-hydroxylation sites is 1. The molecule has 0 aliphatic carbocycles. The highest BCUT2D eigenvalue weighted by Crippen LogP contribution is 2.31. The van der Waals surface area contributed by atoms with E-state index in [1.165, 1.54) is 11.8 Å². The van der Waals surface area contributed by atoms with Crippen LogP contribution < -0.4 is 20.1 Å². The molecule has 2 aromatic carbocycles. The summed E-state index contributed by atoms with van der Waals surface area (Å²) in [6.07, 6.45) is 1.90. The van der Waals surface area contributed by atoms with Gasteiger partial charge in [0.15, 0.2) is 17.1 Å². The quantitative estimate of drug-likeness (QED) is 0.200. The zero-order valence-electron chi connectivity index (χ0n) is 26.2. The summed E-state index contributed by atoms with van der Waals surface area (Å²) < 4.78 is 11.7. The van der Waals surface area contributed by atoms with Gasteiger partial charge in [0.1, 0.15) is 11.7 Å². The summed E-state index contributed by atoms with van der Waals surface area (Å²) in [5.41, 5.74) is 4.62. The predicted molar refractivity (Wildman–Crippen MR) is 174 cm³/mol. The fourth-order valence-electron chi connectivity index (χ4n) is 5.86. The molecule has 13 nitrogen and oxygen atoms in total. The number of rotatable bonds is 3. The van der Waals surface area contributed by atoms with Crippen LogP contribution in [0.5, 0.6) is 11.5 Å². The van der Waals surface area contributed by atoms with Gasteiger partial charge in [0, 0.05) is 41.5 Å². The van der Waals surface area contributed by atoms with Crippen LogP contribution in [0, 0.1) is 0 Å². The number of nitrogens with one attached hydrogen (secondary N) is 4. The van der Waals surface area contributed by atoms with Crippen molar-refractivity contribution in [2.75, 3.05) is 33.4 Å². The number of aromatic amines is 2. The molecule has 0 unspecified atom stereocenters. The zero-order chi connectivity index (χ0) is 32.9. The average Bonchev–Trinajstić information content (AvgIpc) is 3.68. The highest BCUT2D eigenvalue weighted by Gasteiger charge is 2.28. The lowest BCUT2D eigenvalue weighted by atomic mass is 10.0. The Bertz CT molecular complexity index is 1920. The SMILES string of the molecule is COc1ccc2cc1OCCCN(C(=O)c1ccc3cn[nH]c3n1)CC(=O)N[C@@H]([C@@H](C)O)C(=O)NCCc1c([nH]c3ccccc13)C2. The number of amides is 3. The van der Waals surface area contributed by atoms with Gasteiger partial charge in [-0.25, -0.2) is 4.98 Å². The largest absolute Gasteiger partial charge is 0.493 e. The Morgan fingerprint density at radius 2 is 2.00 bits per heavy atom. The molecule has 13 heteroatoms. The first-order valence-corrected chi connectivity index (χ1v) is 15.5. The van der Waals surface area contributed by atoms with Crippen LogP contribution in [0.15, 0.2) is 60.8 Å². The molecule has 244 valence electrons. The molecule has 2 bridgehead atoms. The third kappa shape index (κ3) is 7.04. The van der Waals surface area contributed by atoms with E-state index in [0.717, 1.165) is 33.1 Å². The Labute approximate surface area is 270 Å². The molecule has 3 aromatic heterocycles. The lowest BCUT2D eigenvalue weighted by Crippen LogP contribution is -2.55. The van der Waals surface area contributed by atoms with Gasteiger partial charge in [-0.15, -0.1) is 0 Å². The maximum atomic E-state index is 13.6. The number of ether oxygens (including phenoxy) is 2. The van der Waals surface area contributed by atoms with E-state index in [2.05, 4.69) is 30.8 Å². The van der Waals surface area contributed by atoms with E-state index in [0.29, 0.717) is 36.4 Å². The van der Waals surface area contributed by atoms with Gasteiger partial charge in [0.05, 0.1) is 32.6 Å². The number of fused-ring (bicyclic) bond motifs is 6. The molecule has 2 atom stereocenters. The molecule has 1 aliphatic heterocycles. The van der Waals surface area contributed by atoms with Crippen molar-refractivity contribution in [1.82, 2.24) is 35.7 Å². The number of aliphatic hydroxyl groups is 1. The molecule has 47 heavy (non-hydrogen) atoms. The van der Waals surface area contributed by atoms with Crippen LogP contribution in [0.25, 0.3) is 21.9 Å². The zero-order valence-corrected chi connectivity index (χ0v) is 26.2. The number of carbonyl (C=O) groups is 3. The summed E-state index contributed by atoms with van der Waals surface area (Å²) in [6, 6.07) is 15.9. The minimum atomic E-state index is -1.22. The maximum absolute atomic E-state index is 13.6. The Morgan fingerprint density at radius 1 is 1.15 bits per heavy atom. The van der Waals surface area contributed by atoms with E-state index in [9.17, 15) is 19.5 Å². The number of aromatic nitrogens is 4. The number of nitrogens with zero attached hydrogens (tertiary/aromatic N) is 3. The Morgan fingerprint density at radius 3 is 2.83 bits per heavy atom. The Balaban J connectivity index is 1.30. The van der Waals surface area contributed by atoms with Crippen molar-refractivity contribution >= 4 is 39.7 Å². The summed E-state index contributed by atoms with van der Waals surface area (Å²) in [7, 11) is 1.58. The van der Waals surface area contributed by atoms with Crippen molar-refractivity contribution in [3.8, 4) is 11.5 Å². The van der Waals surface area contributed by atoms with Crippen LogP contribution in [-0.2, 0) is 22.4 Å². The minimum absolute atomic E-state index is 0.129. The highest BCUT2D eigenvalue weighted by molar-refractivity contribution is 5.97. The third-order valence-electron chi connectivity index (χ3n) is 8.24. The molecular weight excluding hydrogens is 602 g/mol. The molecule has 1 aliphatic rings. The standard InChI is InChI=1S/C34H37N7O6/c1-20(42)31-33(44)35-13-12-24-23-6-3-4-7-25(23)37-27(24)16-21-8-11-28(46-2)29(17-21)47-15-5-14-41(19-30(43)39-31)34(45)26-10-9-22-18-36-40-32(22)38-26/h3-4,6-11,17-18,20,31,37,42H,5,12-16,19H2,1-2H3,(H,35,44)(H,39,43)(H,36,38,40)/t20-,31+/m1/s1. The molecule has 0 spiro atoms. The molecule has 0 saturated heterocycles. The molecule has 0 fully saturated rings. The van der Waals surface area contributed by atoms with Gasteiger partial charge in [0.2, 0.25) is 11.8 Å². The van der Waals surface area contributed by atoms with Gasteiger partial charge in [0.25, 0.3) is 5.91 Å². The maximum Gasteiger partial charge on any atom is 0.273 e. The normalized spacial score (nSPS) is 17.4. The summed E-state index contributed by atoms with van der Waals surface area (Å²) >= 11 is 0. The monoisotopic (exact) mass is 639 g/mol. The molecule has 5 N–H and O–H groups in total. The number of benzene rings is 2. The third-order valence-corrected chi connectivity index (χ3v) is 8.24. The number of pyridine rings is 1. The second-order valence-corrected chi connectivity index (χ2v) is 11.5. The van der Waals surface area contributed by atoms with E-state index < -0.39 is 29.9 Å². The minimum Gasteiger partial charge on any atom is -0.493 e. The lowest BCUT2D eigenvalue weighted by Gasteiger charge is -2.25. The Hall–Kier alpha value is -5.43. The van der Waals surface area contributed by atoms with E-state index >= 15 is 0 Å². The fourth-order valence-corrected chi connectivity index (χ4v) is 5.86. The van der Waals surface area contributed by atoms with Gasteiger partial charge in [-0.3, -0.25) is 19.5 Å². The van der Waals surface area contributed by atoms with Crippen molar-refractivity contribution < 1.29 is 29.0 Å². The second-order valence-electron chi connectivity index (χ2n) is 11.5. The molecule has 3 amide bonds. The van der Waals surface area contributed by atoms with Gasteiger partial charge in [-0.1, -0.05) is 24.3 Å². The number of methoxy groups -OCH3 is 1.